The number of hydrogen-bond donors (Lipinski definition) is 2. The van der Waals surface area contributed by atoms with Gasteiger partial charge in [0.2, 0.25) is 0 Å². The number of piperazine rings is 1. The van der Waals surface area contributed by atoms with Gasteiger partial charge in [0.1, 0.15) is 0 Å². The zero-order valence-electron chi connectivity index (χ0n) is 13.4. The highest BCUT2D eigenvalue weighted by molar-refractivity contribution is 4.89. The lowest BCUT2D eigenvalue weighted by atomic mass is 9.93. The maximum atomic E-state index is 9.61. The molecule has 1 saturated heterocycles. The van der Waals surface area contributed by atoms with Crippen molar-refractivity contribution in [1.82, 2.24) is 15.1 Å². The predicted octanol–water partition coefficient (Wildman–Crippen LogP) is 1.15. The van der Waals surface area contributed by atoms with Crippen molar-refractivity contribution in [2.24, 2.45) is 0 Å². The van der Waals surface area contributed by atoms with Gasteiger partial charge in [-0.25, -0.2) is 0 Å². The van der Waals surface area contributed by atoms with Gasteiger partial charge < -0.3 is 15.3 Å². The summed E-state index contributed by atoms with van der Waals surface area (Å²) in [5.41, 5.74) is -0.154. The molecule has 0 aliphatic carbocycles. The van der Waals surface area contributed by atoms with E-state index in [2.05, 4.69) is 49.9 Å². The monoisotopic (exact) mass is 271 g/mol. The minimum absolute atomic E-state index is 0.154. The zero-order chi connectivity index (χ0) is 14.5. The third-order valence-corrected chi connectivity index (χ3v) is 4.60. The van der Waals surface area contributed by atoms with E-state index in [-0.39, 0.29) is 12.1 Å². The molecule has 3 unspecified atom stereocenters. The fourth-order valence-electron chi connectivity index (χ4n) is 3.21. The number of aliphatic hydroxyl groups is 1. The molecule has 19 heavy (non-hydrogen) atoms. The molecule has 0 amide bonds. The number of hydrogen-bond acceptors (Lipinski definition) is 4. The van der Waals surface area contributed by atoms with Crippen LogP contribution in [-0.4, -0.2) is 72.4 Å². The van der Waals surface area contributed by atoms with Crippen molar-refractivity contribution in [3.63, 3.8) is 0 Å². The van der Waals surface area contributed by atoms with Crippen molar-refractivity contribution in [1.29, 1.82) is 0 Å². The number of nitrogens with zero attached hydrogens (tertiary/aromatic N) is 2. The SMILES string of the molecule is CCNC(C)(CO)CC(C)N1CCN(C)C(CC)C1. The molecule has 0 bridgehead atoms. The molecule has 0 aromatic carbocycles. The first kappa shape index (κ1) is 16.9. The van der Waals surface area contributed by atoms with Crippen LogP contribution in [0.5, 0.6) is 0 Å². The van der Waals surface area contributed by atoms with Crippen LogP contribution in [0.1, 0.15) is 40.5 Å². The molecule has 2 N–H and O–H groups in total. The fourth-order valence-corrected chi connectivity index (χ4v) is 3.21. The van der Waals surface area contributed by atoms with Gasteiger partial charge in [-0.3, -0.25) is 4.90 Å². The van der Waals surface area contributed by atoms with Crippen LogP contribution in [0.3, 0.4) is 0 Å². The van der Waals surface area contributed by atoms with Crippen LogP contribution < -0.4 is 5.32 Å². The van der Waals surface area contributed by atoms with Crippen molar-refractivity contribution >= 4 is 0 Å². The largest absolute Gasteiger partial charge is 0.394 e. The van der Waals surface area contributed by atoms with Crippen LogP contribution in [0.15, 0.2) is 0 Å². The van der Waals surface area contributed by atoms with Gasteiger partial charge in [-0.1, -0.05) is 13.8 Å². The second kappa shape index (κ2) is 7.58. The van der Waals surface area contributed by atoms with Gasteiger partial charge in [-0.2, -0.15) is 0 Å². The van der Waals surface area contributed by atoms with Crippen LogP contribution >= 0.6 is 0 Å². The maximum absolute atomic E-state index is 9.61. The van der Waals surface area contributed by atoms with Gasteiger partial charge >= 0.3 is 0 Å². The molecule has 0 radical (unpaired) electrons. The minimum atomic E-state index is -0.154. The normalized spacial score (nSPS) is 27.2. The Kier molecular flexibility index (Phi) is 6.74. The van der Waals surface area contributed by atoms with E-state index in [1.165, 1.54) is 6.42 Å². The topological polar surface area (TPSA) is 38.7 Å². The molecule has 114 valence electrons. The van der Waals surface area contributed by atoms with E-state index in [4.69, 9.17) is 0 Å². The molecule has 0 spiro atoms. The first-order valence-corrected chi connectivity index (χ1v) is 7.76. The van der Waals surface area contributed by atoms with Crippen molar-refractivity contribution in [3.8, 4) is 0 Å². The van der Waals surface area contributed by atoms with Gasteiger partial charge in [0, 0.05) is 37.3 Å². The standard InChI is InChI=1S/C15H33N3O/c1-6-14-11-18(9-8-17(14)5)13(3)10-15(4,12-19)16-7-2/h13-14,16,19H,6-12H2,1-5H3. The first-order valence-electron chi connectivity index (χ1n) is 7.76. The Hall–Kier alpha value is -0.160. The Morgan fingerprint density at radius 1 is 1.37 bits per heavy atom. The highest BCUT2D eigenvalue weighted by Gasteiger charge is 2.31. The summed E-state index contributed by atoms with van der Waals surface area (Å²) >= 11 is 0. The Labute approximate surface area is 119 Å². The summed E-state index contributed by atoms with van der Waals surface area (Å²) in [7, 11) is 2.23. The van der Waals surface area contributed by atoms with Gasteiger partial charge in [0.05, 0.1) is 6.61 Å². The van der Waals surface area contributed by atoms with E-state index in [0.29, 0.717) is 12.1 Å². The molecule has 0 saturated carbocycles. The number of aliphatic hydroxyl groups excluding tert-OH is 1. The van der Waals surface area contributed by atoms with E-state index in [1.807, 2.05) is 0 Å². The Morgan fingerprint density at radius 3 is 2.58 bits per heavy atom. The summed E-state index contributed by atoms with van der Waals surface area (Å²) in [5, 5.41) is 13.0. The number of rotatable bonds is 7. The fraction of sp³-hybridized carbons (Fsp3) is 1.00. The molecule has 4 nitrogen and oxygen atoms in total. The van der Waals surface area contributed by atoms with E-state index < -0.39 is 0 Å². The lowest BCUT2D eigenvalue weighted by Gasteiger charge is -2.44. The minimum Gasteiger partial charge on any atom is -0.394 e. The van der Waals surface area contributed by atoms with Crippen LogP contribution in [0, 0.1) is 0 Å². The molecule has 3 atom stereocenters. The second-order valence-corrected chi connectivity index (χ2v) is 6.34. The highest BCUT2D eigenvalue weighted by Crippen LogP contribution is 2.20. The molecule has 1 aliphatic heterocycles. The Morgan fingerprint density at radius 2 is 2.05 bits per heavy atom. The van der Waals surface area contributed by atoms with Crippen molar-refractivity contribution in [3.05, 3.63) is 0 Å². The summed E-state index contributed by atoms with van der Waals surface area (Å²) in [6.07, 6.45) is 2.21. The zero-order valence-corrected chi connectivity index (χ0v) is 13.4. The van der Waals surface area contributed by atoms with E-state index >= 15 is 0 Å². The maximum Gasteiger partial charge on any atom is 0.0611 e. The molecular formula is C15H33N3O. The number of likely N-dealkylation sites (N-methyl/N-ethyl adjacent to an activating group) is 2. The van der Waals surface area contributed by atoms with Crippen molar-refractivity contribution in [2.45, 2.75) is 58.2 Å². The van der Waals surface area contributed by atoms with Gasteiger partial charge in [0.25, 0.3) is 0 Å². The van der Waals surface area contributed by atoms with Gasteiger partial charge in [-0.15, -0.1) is 0 Å². The average Bonchev–Trinajstić information content (AvgIpc) is 2.39. The van der Waals surface area contributed by atoms with E-state index in [0.717, 1.165) is 32.6 Å². The van der Waals surface area contributed by atoms with Crippen LogP contribution in [-0.2, 0) is 0 Å². The predicted molar refractivity (Wildman–Crippen MR) is 81.5 cm³/mol. The molecule has 1 fully saturated rings. The van der Waals surface area contributed by atoms with Crippen molar-refractivity contribution in [2.75, 3.05) is 39.8 Å². The van der Waals surface area contributed by atoms with Crippen LogP contribution in [0.2, 0.25) is 0 Å². The summed E-state index contributed by atoms with van der Waals surface area (Å²) in [6, 6.07) is 1.19. The molecule has 1 rings (SSSR count). The molecule has 0 aromatic heterocycles. The summed E-state index contributed by atoms with van der Waals surface area (Å²) in [4.78, 5) is 5.05. The summed E-state index contributed by atoms with van der Waals surface area (Å²) in [6.45, 7) is 13.3. The third kappa shape index (κ3) is 4.71. The summed E-state index contributed by atoms with van der Waals surface area (Å²) in [5.74, 6) is 0. The smallest absolute Gasteiger partial charge is 0.0611 e. The lowest BCUT2D eigenvalue weighted by molar-refractivity contribution is 0.0474. The lowest BCUT2D eigenvalue weighted by Crippen LogP contribution is -2.56. The van der Waals surface area contributed by atoms with E-state index in [9.17, 15) is 5.11 Å². The average molecular weight is 271 g/mol. The van der Waals surface area contributed by atoms with Crippen LogP contribution in [0.4, 0.5) is 0 Å². The molecular weight excluding hydrogens is 238 g/mol. The van der Waals surface area contributed by atoms with Gasteiger partial charge in [0.15, 0.2) is 0 Å². The van der Waals surface area contributed by atoms with Crippen molar-refractivity contribution < 1.29 is 5.11 Å². The van der Waals surface area contributed by atoms with Gasteiger partial charge in [-0.05, 0) is 40.3 Å². The van der Waals surface area contributed by atoms with Crippen LogP contribution in [0.25, 0.3) is 0 Å². The molecule has 0 aromatic rings. The third-order valence-electron chi connectivity index (χ3n) is 4.60. The van der Waals surface area contributed by atoms with E-state index in [1.54, 1.807) is 0 Å². The number of nitrogens with one attached hydrogen (secondary N) is 1. The Bertz CT molecular complexity index is 262. The highest BCUT2D eigenvalue weighted by atomic mass is 16.3. The Balaban J connectivity index is 2.55. The molecule has 1 heterocycles. The quantitative estimate of drug-likeness (QED) is 0.729. The molecule has 4 heteroatoms. The first-order chi connectivity index (χ1) is 8.95. The second-order valence-electron chi connectivity index (χ2n) is 6.34. The molecule has 1 aliphatic rings. The summed E-state index contributed by atoms with van der Waals surface area (Å²) < 4.78 is 0.